The maximum atomic E-state index is 5.54. The second kappa shape index (κ2) is 6.74. The van der Waals surface area contributed by atoms with Crippen LogP contribution in [0.5, 0.6) is 0 Å². The summed E-state index contributed by atoms with van der Waals surface area (Å²) in [4.78, 5) is 3.12. The summed E-state index contributed by atoms with van der Waals surface area (Å²) in [6.45, 7) is 0. The Balaban J connectivity index is 0.000000166. The van der Waals surface area contributed by atoms with Crippen LogP contribution < -0.4 is 6.15 Å². The van der Waals surface area contributed by atoms with E-state index in [4.69, 9.17) is 11.6 Å². The molecular weight excluding hydrogens is 232 g/mol. The summed E-state index contributed by atoms with van der Waals surface area (Å²) in [6.07, 6.45) is 1.95. The number of benzene rings is 2. The molecule has 17 heavy (non-hydrogen) atoms. The number of hydrogen-bond acceptors (Lipinski definition) is 1. The SMILES string of the molecule is Clc1ccccc1.N.c1ccc2[nH]ccc2c1. The summed E-state index contributed by atoms with van der Waals surface area (Å²) >= 11 is 5.54. The third-order valence-corrected chi connectivity index (χ3v) is 2.45. The van der Waals surface area contributed by atoms with Crippen molar-refractivity contribution in [2.75, 3.05) is 0 Å². The van der Waals surface area contributed by atoms with Crippen molar-refractivity contribution in [2.45, 2.75) is 0 Å². The fourth-order valence-corrected chi connectivity index (χ4v) is 1.56. The lowest BCUT2D eigenvalue weighted by Crippen LogP contribution is -1.61. The molecule has 3 rings (SSSR count). The van der Waals surface area contributed by atoms with Gasteiger partial charge in [0.15, 0.2) is 0 Å². The van der Waals surface area contributed by atoms with Gasteiger partial charge in [-0.2, -0.15) is 0 Å². The van der Waals surface area contributed by atoms with E-state index in [1.807, 2.05) is 48.7 Å². The number of H-pyrrole nitrogens is 1. The molecule has 1 heterocycles. The largest absolute Gasteiger partial charge is 0.361 e. The van der Waals surface area contributed by atoms with Gasteiger partial charge in [-0.1, -0.05) is 48.0 Å². The fraction of sp³-hybridized carbons (Fsp3) is 0. The fourth-order valence-electron chi connectivity index (χ4n) is 1.41. The van der Waals surface area contributed by atoms with Crippen LogP contribution in [0.3, 0.4) is 0 Å². The van der Waals surface area contributed by atoms with Gasteiger partial charge in [0.1, 0.15) is 0 Å². The second-order valence-corrected chi connectivity index (χ2v) is 3.80. The second-order valence-electron chi connectivity index (χ2n) is 3.36. The maximum absolute atomic E-state index is 5.54. The van der Waals surface area contributed by atoms with E-state index >= 15 is 0 Å². The Kier molecular flexibility index (Phi) is 5.27. The Morgan fingerprint density at radius 1 is 0.765 bits per heavy atom. The third-order valence-electron chi connectivity index (χ3n) is 2.20. The average molecular weight is 247 g/mol. The molecule has 0 amide bonds. The zero-order chi connectivity index (χ0) is 11.2. The zero-order valence-corrected chi connectivity index (χ0v) is 10.2. The molecule has 0 bridgehead atoms. The minimum atomic E-state index is 0. The van der Waals surface area contributed by atoms with E-state index in [2.05, 4.69) is 23.2 Å². The molecular formula is C14H15ClN2. The Hall–Kier alpha value is -1.77. The van der Waals surface area contributed by atoms with Gasteiger partial charge in [0.25, 0.3) is 0 Å². The van der Waals surface area contributed by atoms with Crippen LogP contribution in [0.25, 0.3) is 10.9 Å². The van der Waals surface area contributed by atoms with Gasteiger partial charge in [-0.05, 0) is 29.7 Å². The first-order valence-corrected chi connectivity index (χ1v) is 5.47. The van der Waals surface area contributed by atoms with Crippen LogP contribution in [0.4, 0.5) is 0 Å². The maximum Gasteiger partial charge on any atom is 0.0453 e. The Labute approximate surface area is 106 Å². The van der Waals surface area contributed by atoms with Crippen molar-refractivity contribution in [1.29, 1.82) is 0 Å². The van der Waals surface area contributed by atoms with Crippen molar-refractivity contribution >= 4 is 22.5 Å². The van der Waals surface area contributed by atoms with Gasteiger partial charge < -0.3 is 11.1 Å². The van der Waals surface area contributed by atoms with E-state index in [0.29, 0.717) is 0 Å². The van der Waals surface area contributed by atoms with Crippen LogP contribution in [0.2, 0.25) is 5.02 Å². The number of fused-ring (bicyclic) bond motifs is 1. The van der Waals surface area contributed by atoms with Gasteiger partial charge >= 0.3 is 0 Å². The van der Waals surface area contributed by atoms with Crippen molar-refractivity contribution in [3.8, 4) is 0 Å². The molecule has 0 aliphatic rings. The van der Waals surface area contributed by atoms with E-state index in [1.165, 1.54) is 10.9 Å². The quantitative estimate of drug-likeness (QED) is 0.595. The van der Waals surface area contributed by atoms with Crippen molar-refractivity contribution in [3.05, 3.63) is 71.9 Å². The smallest absolute Gasteiger partial charge is 0.0453 e. The number of nitrogens with one attached hydrogen (secondary N) is 1. The predicted molar refractivity (Wildman–Crippen MR) is 74.8 cm³/mol. The molecule has 0 fully saturated rings. The van der Waals surface area contributed by atoms with Crippen LogP contribution in [-0.2, 0) is 0 Å². The Bertz CT molecular complexity index is 516. The first-order valence-electron chi connectivity index (χ1n) is 5.09. The summed E-state index contributed by atoms with van der Waals surface area (Å²) < 4.78 is 0. The number of aromatic amines is 1. The highest BCUT2D eigenvalue weighted by atomic mass is 35.5. The number of rotatable bonds is 0. The highest BCUT2D eigenvalue weighted by molar-refractivity contribution is 6.30. The molecule has 2 aromatic carbocycles. The first kappa shape index (κ1) is 13.3. The van der Waals surface area contributed by atoms with Crippen molar-refractivity contribution in [3.63, 3.8) is 0 Å². The summed E-state index contributed by atoms with van der Waals surface area (Å²) in [5.41, 5.74) is 1.21. The first-order chi connectivity index (χ1) is 7.86. The van der Waals surface area contributed by atoms with Crippen LogP contribution >= 0.6 is 11.6 Å². The Morgan fingerprint density at radius 3 is 2.00 bits per heavy atom. The van der Waals surface area contributed by atoms with Crippen LogP contribution in [0.1, 0.15) is 0 Å². The molecule has 4 N–H and O–H groups in total. The van der Waals surface area contributed by atoms with Crippen molar-refractivity contribution in [1.82, 2.24) is 11.1 Å². The van der Waals surface area contributed by atoms with Gasteiger partial charge in [0, 0.05) is 16.7 Å². The van der Waals surface area contributed by atoms with E-state index < -0.39 is 0 Å². The van der Waals surface area contributed by atoms with E-state index in [9.17, 15) is 0 Å². The van der Waals surface area contributed by atoms with Gasteiger partial charge in [-0.25, -0.2) is 0 Å². The lowest BCUT2D eigenvalue weighted by Gasteiger charge is -1.83. The van der Waals surface area contributed by atoms with Gasteiger partial charge in [-0.15, -0.1) is 0 Å². The molecule has 2 nitrogen and oxygen atoms in total. The molecule has 0 radical (unpaired) electrons. The standard InChI is InChI=1S/C8H7N.C6H5Cl.H3N/c1-2-4-8-7(3-1)5-6-9-8;7-6-4-2-1-3-5-6;/h1-6,9H;1-5H;1H3. The number of halogens is 1. The predicted octanol–water partition coefficient (Wildman–Crippen LogP) is 4.67. The molecule has 1 aromatic heterocycles. The highest BCUT2D eigenvalue weighted by Gasteiger charge is 1.86. The van der Waals surface area contributed by atoms with Crippen molar-refractivity contribution in [2.24, 2.45) is 0 Å². The molecule has 0 spiro atoms. The van der Waals surface area contributed by atoms with Crippen LogP contribution in [0.15, 0.2) is 66.9 Å². The lowest BCUT2D eigenvalue weighted by molar-refractivity contribution is 1.48. The Morgan fingerprint density at radius 2 is 1.41 bits per heavy atom. The molecule has 0 atom stereocenters. The van der Waals surface area contributed by atoms with Crippen LogP contribution in [0, 0.1) is 0 Å². The molecule has 0 saturated heterocycles. The van der Waals surface area contributed by atoms with Crippen molar-refractivity contribution < 1.29 is 0 Å². The van der Waals surface area contributed by atoms with E-state index in [-0.39, 0.29) is 6.15 Å². The molecule has 0 aliphatic heterocycles. The minimum Gasteiger partial charge on any atom is -0.361 e. The van der Waals surface area contributed by atoms with Gasteiger partial charge in [-0.3, -0.25) is 0 Å². The average Bonchev–Trinajstić information content (AvgIpc) is 2.79. The summed E-state index contributed by atoms with van der Waals surface area (Å²) in [5.74, 6) is 0. The summed E-state index contributed by atoms with van der Waals surface area (Å²) in [7, 11) is 0. The topological polar surface area (TPSA) is 50.8 Å². The van der Waals surface area contributed by atoms with Gasteiger partial charge in [0.05, 0.1) is 0 Å². The molecule has 0 unspecified atom stereocenters. The minimum absolute atomic E-state index is 0. The third kappa shape index (κ3) is 3.94. The normalized spacial score (nSPS) is 9.00. The van der Waals surface area contributed by atoms with Crippen LogP contribution in [-0.4, -0.2) is 4.98 Å². The monoisotopic (exact) mass is 246 g/mol. The lowest BCUT2D eigenvalue weighted by atomic mass is 10.3. The highest BCUT2D eigenvalue weighted by Crippen LogP contribution is 2.09. The summed E-state index contributed by atoms with van der Waals surface area (Å²) in [6, 6.07) is 19.7. The van der Waals surface area contributed by atoms with Gasteiger partial charge in [0.2, 0.25) is 0 Å². The number of para-hydroxylation sites is 1. The van der Waals surface area contributed by atoms with E-state index in [0.717, 1.165) is 5.02 Å². The number of hydrogen-bond donors (Lipinski definition) is 2. The molecule has 88 valence electrons. The molecule has 0 aliphatic carbocycles. The molecule has 3 heteroatoms. The molecule has 3 aromatic rings. The molecule has 0 saturated carbocycles. The zero-order valence-electron chi connectivity index (χ0n) is 9.44. The van der Waals surface area contributed by atoms with E-state index in [1.54, 1.807) is 0 Å². The number of aromatic nitrogens is 1. The summed E-state index contributed by atoms with van der Waals surface area (Å²) in [5, 5.41) is 2.07.